The summed E-state index contributed by atoms with van der Waals surface area (Å²) in [7, 11) is 1.83. The molecule has 6 aromatic rings. The first-order chi connectivity index (χ1) is 17.0. The van der Waals surface area contributed by atoms with Crippen molar-refractivity contribution in [2.45, 2.75) is 6.54 Å². The highest BCUT2D eigenvalue weighted by Crippen LogP contribution is 2.32. The average Bonchev–Trinajstić information content (AvgIpc) is 3.40. The van der Waals surface area contributed by atoms with Gasteiger partial charge in [-0.15, -0.1) is 0 Å². The van der Waals surface area contributed by atoms with E-state index in [1.807, 2.05) is 46.4 Å². The van der Waals surface area contributed by atoms with E-state index in [9.17, 15) is 9.18 Å². The van der Waals surface area contributed by atoms with E-state index in [-0.39, 0.29) is 17.9 Å². The monoisotopic (exact) mass is 598 g/mol. The predicted octanol–water partition coefficient (Wildman–Crippen LogP) is 5.40. The molecule has 0 N–H and O–H groups in total. The lowest BCUT2D eigenvalue weighted by molar-refractivity contribution is 0.465. The summed E-state index contributed by atoms with van der Waals surface area (Å²) < 4.78 is 25.2. The molecule has 2 aromatic carbocycles. The van der Waals surface area contributed by atoms with Crippen LogP contribution in [0.5, 0.6) is 11.6 Å². The highest BCUT2D eigenvalue weighted by Gasteiger charge is 2.16. The van der Waals surface area contributed by atoms with Crippen molar-refractivity contribution in [2.75, 3.05) is 0 Å². The van der Waals surface area contributed by atoms with Crippen LogP contribution in [0.25, 0.3) is 32.8 Å². The second-order valence-electron chi connectivity index (χ2n) is 8.00. The van der Waals surface area contributed by atoms with Gasteiger partial charge in [0.25, 0.3) is 5.56 Å². The molecule has 0 radical (unpaired) electrons. The third kappa shape index (κ3) is 3.77. The van der Waals surface area contributed by atoms with Crippen LogP contribution in [-0.4, -0.2) is 28.9 Å². The first-order valence-electron chi connectivity index (χ1n) is 10.6. The summed E-state index contributed by atoms with van der Waals surface area (Å²) in [6, 6.07) is 15.8. The lowest BCUT2D eigenvalue weighted by Gasteiger charge is -2.07. The van der Waals surface area contributed by atoms with E-state index in [1.54, 1.807) is 30.6 Å². The highest BCUT2D eigenvalue weighted by molar-refractivity contribution is 14.2. The SMILES string of the molecule is Cn1c2cc(Oc3ccc4c(cnn4PI)n3)ccc2c2cnn(Cc3ccccc3F)c(=O)c21. The van der Waals surface area contributed by atoms with Crippen LogP contribution in [0.1, 0.15) is 5.56 Å². The van der Waals surface area contributed by atoms with Crippen molar-refractivity contribution >= 4 is 61.3 Å². The number of aromatic nitrogens is 6. The Kier molecular flexibility index (Phi) is 5.49. The van der Waals surface area contributed by atoms with Crippen LogP contribution in [0.4, 0.5) is 4.39 Å². The van der Waals surface area contributed by atoms with Crippen molar-refractivity contribution in [1.82, 2.24) is 28.9 Å². The zero-order chi connectivity index (χ0) is 24.1. The van der Waals surface area contributed by atoms with Crippen LogP contribution < -0.4 is 10.3 Å². The summed E-state index contributed by atoms with van der Waals surface area (Å²) in [6.45, 7) is 0.0557. The Morgan fingerprint density at radius 2 is 1.89 bits per heavy atom. The zero-order valence-electron chi connectivity index (χ0n) is 18.3. The van der Waals surface area contributed by atoms with Gasteiger partial charge in [0.1, 0.15) is 22.6 Å². The molecule has 6 rings (SSSR count). The summed E-state index contributed by atoms with van der Waals surface area (Å²) in [6.07, 6.45) is 3.87. The molecule has 0 saturated carbocycles. The Balaban J connectivity index is 1.39. The van der Waals surface area contributed by atoms with E-state index in [4.69, 9.17) is 4.74 Å². The normalized spacial score (nSPS) is 12.0. The van der Waals surface area contributed by atoms with Crippen LogP contribution in [0, 0.1) is 5.82 Å². The molecule has 0 aliphatic rings. The quantitative estimate of drug-likeness (QED) is 0.196. The maximum absolute atomic E-state index is 14.1. The van der Waals surface area contributed by atoms with E-state index >= 15 is 0 Å². The third-order valence-corrected chi connectivity index (χ3v) is 7.84. The molecule has 0 aliphatic carbocycles. The number of benzene rings is 2. The lowest BCUT2D eigenvalue weighted by atomic mass is 10.2. The number of nitrogens with zero attached hydrogens (tertiary/aromatic N) is 6. The maximum atomic E-state index is 14.1. The number of pyridine rings is 1. The van der Waals surface area contributed by atoms with Crippen molar-refractivity contribution in [3.8, 4) is 11.6 Å². The molecule has 0 aliphatic heterocycles. The summed E-state index contributed by atoms with van der Waals surface area (Å²) in [4.78, 5) is 17.8. The van der Waals surface area contributed by atoms with Gasteiger partial charge in [0.05, 0.1) is 36.3 Å². The van der Waals surface area contributed by atoms with Gasteiger partial charge in [-0.05, 0) is 46.3 Å². The van der Waals surface area contributed by atoms with E-state index < -0.39 is 0 Å². The van der Waals surface area contributed by atoms with Crippen LogP contribution in [0.3, 0.4) is 0 Å². The smallest absolute Gasteiger partial charge is 0.291 e. The van der Waals surface area contributed by atoms with Crippen molar-refractivity contribution in [3.63, 3.8) is 0 Å². The minimum absolute atomic E-state index is 0.0557. The summed E-state index contributed by atoms with van der Waals surface area (Å²) in [5.74, 6) is 0.688. The number of rotatable bonds is 5. The van der Waals surface area contributed by atoms with Gasteiger partial charge >= 0.3 is 0 Å². The third-order valence-electron chi connectivity index (χ3n) is 5.96. The number of ether oxygens (including phenoxy) is 1. The van der Waals surface area contributed by atoms with E-state index in [0.29, 0.717) is 29.1 Å². The van der Waals surface area contributed by atoms with E-state index in [0.717, 1.165) is 27.3 Å². The Hall–Kier alpha value is -3.37. The summed E-state index contributed by atoms with van der Waals surface area (Å²) in [5.41, 5.74) is 3.15. The number of aryl methyl sites for hydroxylation is 1. The molecule has 1 unspecified atom stereocenters. The fourth-order valence-electron chi connectivity index (χ4n) is 4.24. The molecule has 35 heavy (non-hydrogen) atoms. The summed E-state index contributed by atoms with van der Waals surface area (Å²) >= 11 is 2.27. The van der Waals surface area contributed by atoms with Crippen molar-refractivity contribution < 1.29 is 9.13 Å². The van der Waals surface area contributed by atoms with E-state index in [2.05, 4.69) is 37.2 Å². The molecular weight excluding hydrogens is 581 g/mol. The van der Waals surface area contributed by atoms with Crippen molar-refractivity contribution in [3.05, 3.63) is 88.7 Å². The van der Waals surface area contributed by atoms with Crippen molar-refractivity contribution in [1.29, 1.82) is 0 Å². The van der Waals surface area contributed by atoms with Gasteiger partial charge in [-0.3, -0.25) is 4.79 Å². The number of hydrogen-bond acceptors (Lipinski definition) is 5. The van der Waals surface area contributed by atoms with Crippen LogP contribution >= 0.6 is 28.4 Å². The maximum Gasteiger partial charge on any atom is 0.291 e. The molecule has 0 bridgehead atoms. The van der Waals surface area contributed by atoms with Gasteiger partial charge < -0.3 is 9.30 Å². The van der Waals surface area contributed by atoms with Gasteiger partial charge in [0, 0.05) is 35.5 Å². The summed E-state index contributed by atoms with van der Waals surface area (Å²) in [5, 5.41) is 10.2. The minimum Gasteiger partial charge on any atom is -0.439 e. The fourth-order valence-corrected chi connectivity index (χ4v) is 5.78. The van der Waals surface area contributed by atoms with Gasteiger partial charge in [-0.2, -0.15) is 10.2 Å². The Labute approximate surface area is 212 Å². The van der Waals surface area contributed by atoms with Crippen molar-refractivity contribution in [2.24, 2.45) is 7.05 Å². The molecule has 4 aromatic heterocycles. The molecule has 0 spiro atoms. The number of halogens is 2. The molecule has 11 heteroatoms. The first-order valence-corrected chi connectivity index (χ1v) is 14.7. The number of fused-ring (bicyclic) bond motifs is 4. The minimum atomic E-state index is -0.367. The van der Waals surface area contributed by atoms with Gasteiger partial charge in [-0.25, -0.2) is 18.5 Å². The molecule has 0 fully saturated rings. The van der Waals surface area contributed by atoms with Crippen LogP contribution in [0.15, 0.2) is 71.8 Å². The van der Waals surface area contributed by atoms with Gasteiger partial charge in [0.2, 0.25) is 5.88 Å². The molecule has 4 heterocycles. The van der Waals surface area contributed by atoms with Gasteiger partial charge in [0.15, 0.2) is 0 Å². The van der Waals surface area contributed by atoms with Crippen LogP contribution in [-0.2, 0) is 13.6 Å². The molecule has 0 amide bonds. The average molecular weight is 598 g/mol. The molecule has 8 nitrogen and oxygen atoms in total. The molecular formula is C24H17FIN6O2P. The Morgan fingerprint density at radius 3 is 2.71 bits per heavy atom. The van der Waals surface area contributed by atoms with Crippen LogP contribution in [0.2, 0.25) is 0 Å². The predicted molar refractivity (Wildman–Crippen MR) is 143 cm³/mol. The largest absolute Gasteiger partial charge is 0.439 e. The number of hydrogen-bond donors (Lipinski definition) is 0. The highest BCUT2D eigenvalue weighted by atomic mass is 127. The molecule has 0 saturated heterocycles. The first kappa shape index (κ1) is 22.1. The Morgan fingerprint density at radius 1 is 1.03 bits per heavy atom. The fraction of sp³-hybridized carbons (Fsp3) is 0.0833. The Bertz CT molecular complexity index is 1810. The molecule has 174 valence electrons. The lowest BCUT2D eigenvalue weighted by Crippen LogP contribution is -2.24. The second kappa shape index (κ2) is 8.69. The van der Waals surface area contributed by atoms with E-state index in [1.165, 1.54) is 10.7 Å². The standard InChI is InChI=1S/C24H17FIN6O2P/c1-30-21-10-15(34-22-9-8-20-19(29-22)12-28-32(20)35-26)6-7-16(21)17-11-27-31(24(33)23(17)30)13-14-4-2-3-5-18(14)25/h2-12,35H,13H2,1H3. The van der Waals surface area contributed by atoms with Gasteiger partial charge in [-0.1, -0.05) is 18.2 Å². The zero-order valence-corrected chi connectivity index (χ0v) is 21.5. The topological polar surface area (TPSA) is 79.8 Å². The second-order valence-corrected chi connectivity index (χ2v) is 10.0. The molecule has 1 atom stereocenters.